The summed E-state index contributed by atoms with van der Waals surface area (Å²) in [6, 6.07) is -2.47. The number of amides is 4. The lowest BCUT2D eigenvalue weighted by Gasteiger charge is -2.34. The Kier molecular flexibility index (Phi) is 10.4. The third-order valence-electron chi connectivity index (χ3n) is 6.89. The SMILES string of the molecule is CCOC(=O)C(C)(C)COS(=O)(=O)ON1C(=O)N2CC1CC[C@H]2C(=O)NC1CCN(C(=O)OC(C)OC(C)=O)CC1. The van der Waals surface area contributed by atoms with Gasteiger partial charge < -0.3 is 29.3 Å². The summed E-state index contributed by atoms with van der Waals surface area (Å²) in [6.45, 7) is 7.41. The van der Waals surface area contributed by atoms with E-state index in [0.29, 0.717) is 37.4 Å². The normalized spacial score (nSPS) is 22.3. The van der Waals surface area contributed by atoms with Gasteiger partial charge in [0, 0.05) is 39.5 Å². The number of ether oxygens (including phenoxy) is 3. The van der Waals surface area contributed by atoms with Crippen LogP contribution >= 0.6 is 0 Å². The Bertz CT molecular complexity index is 1120. The van der Waals surface area contributed by atoms with E-state index < -0.39 is 70.8 Å². The first-order chi connectivity index (χ1) is 19.1. The zero-order valence-corrected chi connectivity index (χ0v) is 24.6. The van der Waals surface area contributed by atoms with Crippen molar-refractivity contribution in [2.24, 2.45) is 5.41 Å². The van der Waals surface area contributed by atoms with Gasteiger partial charge in [-0.15, -0.1) is 4.28 Å². The van der Waals surface area contributed by atoms with Gasteiger partial charge in [0.2, 0.25) is 12.2 Å². The van der Waals surface area contributed by atoms with Crippen molar-refractivity contribution in [3.63, 3.8) is 0 Å². The second-order valence-electron chi connectivity index (χ2n) is 10.7. The second kappa shape index (κ2) is 13.2. The number of fused-ring (bicyclic) bond motifs is 2. The summed E-state index contributed by atoms with van der Waals surface area (Å²) in [5.41, 5.74) is -1.27. The number of esters is 2. The number of hydrogen-bond acceptors (Lipinski definition) is 12. The highest BCUT2D eigenvalue weighted by molar-refractivity contribution is 7.81. The first-order valence-corrected chi connectivity index (χ1v) is 14.8. The molecule has 3 atom stereocenters. The van der Waals surface area contributed by atoms with Crippen molar-refractivity contribution in [1.82, 2.24) is 20.2 Å². The number of likely N-dealkylation sites (tertiary alicyclic amines) is 1. The maximum Gasteiger partial charge on any atom is 0.421 e. The lowest BCUT2D eigenvalue weighted by molar-refractivity contribution is -0.163. The summed E-state index contributed by atoms with van der Waals surface area (Å²) in [5, 5.41) is 3.61. The number of carbonyl (C=O) groups is 5. The van der Waals surface area contributed by atoms with Gasteiger partial charge in [-0.05, 0) is 46.5 Å². The van der Waals surface area contributed by atoms with E-state index in [1.807, 2.05) is 0 Å². The van der Waals surface area contributed by atoms with Gasteiger partial charge in [0.1, 0.15) is 6.04 Å². The van der Waals surface area contributed by atoms with Crippen LogP contribution in [0.15, 0.2) is 0 Å². The predicted molar refractivity (Wildman–Crippen MR) is 138 cm³/mol. The van der Waals surface area contributed by atoms with Crippen LogP contribution in [0.4, 0.5) is 9.59 Å². The smallest absolute Gasteiger partial charge is 0.421 e. The van der Waals surface area contributed by atoms with Gasteiger partial charge in [0.15, 0.2) is 0 Å². The van der Waals surface area contributed by atoms with Crippen molar-refractivity contribution in [3.05, 3.63) is 0 Å². The number of nitrogens with one attached hydrogen (secondary N) is 1. The van der Waals surface area contributed by atoms with E-state index in [2.05, 4.69) is 5.32 Å². The molecule has 3 saturated heterocycles. The summed E-state index contributed by atoms with van der Waals surface area (Å²) in [5.74, 6) is -1.61. The topological polar surface area (TPSA) is 187 Å². The van der Waals surface area contributed by atoms with E-state index >= 15 is 0 Å². The largest absolute Gasteiger partial charge is 0.466 e. The first-order valence-electron chi connectivity index (χ1n) is 13.4. The van der Waals surface area contributed by atoms with Crippen LogP contribution in [0.25, 0.3) is 0 Å². The van der Waals surface area contributed by atoms with Crippen LogP contribution in [0, 0.1) is 5.41 Å². The first kappa shape index (κ1) is 32.3. The molecule has 3 heterocycles. The molecule has 0 aromatic carbocycles. The minimum absolute atomic E-state index is 0.0889. The summed E-state index contributed by atoms with van der Waals surface area (Å²) in [6.07, 6.45) is -0.161. The van der Waals surface area contributed by atoms with Crippen LogP contribution in [-0.2, 0) is 47.5 Å². The Hall–Kier alpha value is -3.18. The minimum atomic E-state index is -4.70. The molecular weight excluding hydrogens is 568 g/mol. The monoisotopic (exact) mass is 606 g/mol. The number of piperidine rings is 2. The molecule has 3 aliphatic rings. The lowest BCUT2D eigenvalue weighted by Crippen LogP contribution is -2.54. The Labute approximate surface area is 238 Å². The Balaban J connectivity index is 1.49. The summed E-state index contributed by atoms with van der Waals surface area (Å²) in [4.78, 5) is 64.0. The molecule has 0 aromatic heterocycles. The highest BCUT2D eigenvalue weighted by Gasteiger charge is 2.50. The lowest BCUT2D eigenvalue weighted by atomic mass is 9.95. The maximum atomic E-state index is 13.1. The van der Waals surface area contributed by atoms with E-state index in [9.17, 15) is 32.4 Å². The fourth-order valence-electron chi connectivity index (χ4n) is 4.71. The molecule has 1 N–H and O–H groups in total. The van der Waals surface area contributed by atoms with Gasteiger partial charge in [-0.2, -0.15) is 13.5 Å². The summed E-state index contributed by atoms with van der Waals surface area (Å²) >= 11 is 0. The van der Waals surface area contributed by atoms with Crippen LogP contribution in [0.1, 0.15) is 60.3 Å². The number of rotatable bonds is 11. The number of nitrogens with zero attached hydrogens (tertiary/aromatic N) is 3. The van der Waals surface area contributed by atoms with Gasteiger partial charge in [0.05, 0.1) is 24.7 Å². The maximum absolute atomic E-state index is 13.1. The van der Waals surface area contributed by atoms with Gasteiger partial charge in [-0.25, -0.2) is 13.8 Å². The van der Waals surface area contributed by atoms with E-state index in [1.54, 1.807) is 6.92 Å². The third-order valence-corrected chi connectivity index (χ3v) is 7.64. The van der Waals surface area contributed by atoms with E-state index in [1.165, 1.54) is 37.5 Å². The molecule has 0 radical (unpaired) electrons. The summed E-state index contributed by atoms with van der Waals surface area (Å²) < 4.78 is 49.5. The van der Waals surface area contributed by atoms with Crippen molar-refractivity contribution in [2.75, 3.05) is 32.8 Å². The summed E-state index contributed by atoms with van der Waals surface area (Å²) in [7, 11) is -4.70. The van der Waals surface area contributed by atoms with Crippen molar-refractivity contribution in [2.45, 2.75) is 84.7 Å². The van der Waals surface area contributed by atoms with Gasteiger partial charge in [0.25, 0.3) is 0 Å². The van der Waals surface area contributed by atoms with Crippen molar-refractivity contribution in [3.8, 4) is 0 Å². The molecule has 3 aliphatic heterocycles. The van der Waals surface area contributed by atoms with E-state index in [0.717, 1.165) is 0 Å². The Morgan fingerprint density at radius 3 is 2.34 bits per heavy atom. The van der Waals surface area contributed by atoms with Crippen molar-refractivity contribution >= 4 is 40.4 Å². The Morgan fingerprint density at radius 2 is 1.73 bits per heavy atom. The highest BCUT2D eigenvalue weighted by atomic mass is 32.3. The molecule has 3 rings (SSSR count). The Morgan fingerprint density at radius 1 is 1.07 bits per heavy atom. The standard InChI is InChI=1S/C24H38N4O12S/c1-6-36-21(31)24(4,5)14-37-41(34,35)40-28-18-7-8-19(27(13-18)22(28)32)20(30)25-17-9-11-26(12-10-17)23(33)39-16(3)38-15(2)29/h16-19H,6-14H2,1-5H3,(H,25,30)/t16?,18?,19-/m0/s1. The van der Waals surface area contributed by atoms with Gasteiger partial charge >= 0.3 is 34.5 Å². The van der Waals surface area contributed by atoms with Crippen LogP contribution in [-0.4, -0.2) is 111 Å². The fraction of sp³-hybridized carbons (Fsp3) is 0.792. The molecule has 0 saturated carbocycles. The molecule has 2 bridgehead atoms. The van der Waals surface area contributed by atoms with Gasteiger partial charge in [-0.1, -0.05) is 0 Å². The molecule has 16 nitrogen and oxygen atoms in total. The molecule has 232 valence electrons. The quantitative estimate of drug-likeness (QED) is 0.256. The number of urea groups is 1. The molecule has 2 unspecified atom stereocenters. The molecule has 17 heteroatoms. The number of carbonyl (C=O) groups excluding carboxylic acids is 5. The zero-order valence-electron chi connectivity index (χ0n) is 23.8. The molecule has 3 fully saturated rings. The van der Waals surface area contributed by atoms with Crippen molar-refractivity contribution in [1.29, 1.82) is 0 Å². The fourth-order valence-corrected chi connectivity index (χ4v) is 5.57. The van der Waals surface area contributed by atoms with Gasteiger partial charge in [-0.3, -0.25) is 14.4 Å². The molecular formula is C24H38N4O12S. The second-order valence-corrected chi connectivity index (χ2v) is 11.9. The third kappa shape index (κ3) is 8.42. The average molecular weight is 607 g/mol. The molecule has 41 heavy (non-hydrogen) atoms. The van der Waals surface area contributed by atoms with Crippen LogP contribution in [0.5, 0.6) is 0 Å². The molecule has 4 amide bonds. The number of hydroxylamine groups is 2. The molecule has 0 spiro atoms. The average Bonchev–Trinajstić information content (AvgIpc) is 3.11. The van der Waals surface area contributed by atoms with Crippen LogP contribution in [0.3, 0.4) is 0 Å². The predicted octanol–water partition coefficient (Wildman–Crippen LogP) is 0.664. The van der Waals surface area contributed by atoms with Crippen LogP contribution in [0.2, 0.25) is 0 Å². The zero-order chi connectivity index (χ0) is 30.5. The molecule has 0 aromatic rings. The van der Waals surface area contributed by atoms with Crippen molar-refractivity contribution < 1.29 is 55.1 Å². The van der Waals surface area contributed by atoms with Crippen LogP contribution < -0.4 is 5.32 Å². The van der Waals surface area contributed by atoms with E-state index in [4.69, 9.17) is 22.7 Å². The number of hydrogen-bond donors (Lipinski definition) is 1. The molecule has 0 aliphatic carbocycles. The highest BCUT2D eigenvalue weighted by Crippen LogP contribution is 2.31. The van der Waals surface area contributed by atoms with E-state index in [-0.39, 0.29) is 25.6 Å². The minimum Gasteiger partial charge on any atom is -0.466 e.